The second-order valence-corrected chi connectivity index (χ2v) is 7.55. The first kappa shape index (κ1) is 17.5. The van der Waals surface area contributed by atoms with Crippen molar-refractivity contribution < 1.29 is 0 Å². The number of benzene rings is 1. The summed E-state index contributed by atoms with van der Waals surface area (Å²) in [6.45, 7) is 3.92. The minimum absolute atomic E-state index is 0.565. The highest BCUT2D eigenvalue weighted by molar-refractivity contribution is 6.42. The summed E-state index contributed by atoms with van der Waals surface area (Å²) in [6.07, 6.45) is 11.8. The molecule has 0 atom stereocenters. The van der Waals surface area contributed by atoms with Crippen molar-refractivity contribution in [3.05, 3.63) is 64.8 Å². The smallest absolute Gasteiger partial charge is 0.0702 e. The van der Waals surface area contributed by atoms with E-state index in [2.05, 4.69) is 29.8 Å². The number of aryl methyl sites for hydroxylation is 1. The van der Waals surface area contributed by atoms with Gasteiger partial charge in [-0.1, -0.05) is 41.4 Å². The van der Waals surface area contributed by atoms with Gasteiger partial charge in [-0.25, -0.2) is 0 Å². The Hall–Kier alpha value is -1.31. The minimum atomic E-state index is 0.565. The standard InChI is InChI=1S/C21H23Cl2N/c1-2-15-3-5-16(6-4-15)7-8-17-9-12-21(24-14-17)18-10-11-19(22)20(23)13-18/h2,9-16H,1,3-8H2/t15-,16-. The fourth-order valence-corrected chi connectivity index (χ4v) is 3.78. The normalized spacial score (nSPS) is 20.8. The Morgan fingerprint density at radius 2 is 1.83 bits per heavy atom. The van der Waals surface area contributed by atoms with Gasteiger partial charge >= 0.3 is 0 Å². The largest absolute Gasteiger partial charge is 0.256 e. The van der Waals surface area contributed by atoms with Gasteiger partial charge in [-0.05, 0) is 74.1 Å². The summed E-state index contributed by atoms with van der Waals surface area (Å²) < 4.78 is 0. The van der Waals surface area contributed by atoms with Crippen molar-refractivity contribution in [1.29, 1.82) is 0 Å². The molecule has 126 valence electrons. The van der Waals surface area contributed by atoms with Crippen LogP contribution < -0.4 is 0 Å². The van der Waals surface area contributed by atoms with Gasteiger partial charge in [-0.2, -0.15) is 0 Å². The first-order valence-corrected chi connectivity index (χ1v) is 9.44. The van der Waals surface area contributed by atoms with Crippen LogP contribution in [-0.2, 0) is 6.42 Å². The van der Waals surface area contributed by atoms with Crippen LogP contribution in [-0.4, -0.2) is 4.98 Å². The summed E-state index contributed by atoms with van der Waals surface area (Å²) in [5.74, 6) is 1.60. The SMILES string of the molecule is C=C[C@H]1CC[C@H](CCc2ccc(-c3ccc(Cl)c(Cl)c3)nc2)CC1. The number of aromatic nitrogens is 1. The van der Waals surface area contributed by atoms with E-state index in [1.807, 2.05) is 24.4 Å². The molecule has 1 aliphatic carbocycles. The van der Waals surface area contributed by atoms with Crippen LogP contribution in [0.3, 0.4) is 0 Å². The molecule has 0 unspecified atom stereocenters. The molecule has 0 bridgehead atoms. The molecular weight excluding hydrogens is 337 g/mol. The predicted octanol–water partition coefficient (Wildman–Crippen LogP) is 6.98. The Morgan fingerprint density at radius 1 is 1.04 bits per heavy atom. The summed E-state index contributed by atoms with van der Waals surface area (Å²) in [4.78, 5) is 4.59. The Kier molecular flexibility index (Phi) is 5.97. The average Bonchev–Trinajstić information content (AvgIpc) is 2.63. The number of rotatable bonds is 5. The molecule has 0 spiro atoms. The third kappa shape index (κ3) is 4.40. The van der Waals surface area contributed by atoms with Gasteiger partial charge in [-0.3, -0.25) is 4.98 Å². The molecule has 0 saturated heterocycles. The van der Waals surface area contributed by atoms with Crippen LogP contribution in [0.1, 0.15) is 37.7 Å². The van der Waals surface area contributed by atoms with Crippen molar-refractivity contribution in [2.75, 3.05) is 0 Å². The van der Waals surface area contributed by atoms with Crippen molar-refractivity contribution in [1.82, 2.24) is 4.98 Å². The van der Waals surface area contributed by atoms with Crippen molar-refractivity contribution in [2.45, 2.75) is 38.5 Å². The highest BCUT2D eigenvalue weighted by Crippen LogP contribution is 2.32. The molecule has 2 aromatic rings. The predicted molar refractivity (Wildman–Crippen MR) is 104 cm³/mol. The van der Waals surface area contributed by atoms with E-state index in [-0.39, 0.29) is 0 Å². The molecule has 1 aliphatic rings. The van der Waals surface area contributed by atoms with Crippen LogP contribution >= 0.6 is 23.2 Å². The lowest BCUT2D eigenvalue weighted by Crippen LogP contribution is -2.13. The number of pyridine rings is 1. The molecule has 1 fully saturated rings. The van der Waals surface area contributed by atoms with Gasteiger partial charge in [0.05, 0.1) is 15.7 Å². The number of allylic oxidation sites excluding steroid dienone is 1. The summed E-state index contributed by atoms with van der Waals surface area (Å²) in [6, 6.07) is 9.89. The van der Waals surface area contributed by atoms with Gasteiger partial charge in [0, 0.05) is 11.8 Å². The van der Waals surface area contributed by atoms with E-state index in [4.69, 9.17) is 23.2 Å². The molecule has 1 aromatic carbocycles. The quantitative estimate of drug-likeness (QED) is 0.524. The Bertz CT molecular complexity index is 685. The van der Waals surface area contributed by atoms with Gasteiger partial charge in [-0.15, -0.1) is 6.58 Å². The highest BCUT2D eigenvalue weighted by Gasteiger charge is 2.18. The average molecular weight is 360 g/mol. The third-order valence-corrected chi connectivity index (χ3v) is 5.85. The maximum Gasteiger partial charge on any atom is 0.0702 e. The molecular formula is C21H23Cl2N. The molecule has 24 heavy (non-hydrogen) atoms. The van der Waals surface area contributed by atoms with Gasteiger partial charge in [0.15, 0.2) is 0 Å². The topological polar surface area (TPSA) is 12.9 Å². The second-order valence-electron chi connectivity index (χ2n) is 6.74. The Balaban J connectivity index is 1.57. The molecule has 0 aliphatic heterocycles. The van der Waals surface area contributed by atoms with Crippen LogP contribution in [0.4, 0.5) is 0 Å². The van der Waals surface area contributed by atoms with Crippen LogP contribution in [0, 0.1) is 11.8 Å². The molecule has 1 nitrogen and oxygen atoms in total. The molecule has 0 radical (unpaired) electrons. The third-order valence-electron chi connectivity index (χ3n) is 5.11. The zero-order valence-corrected chi connectivity index (χ0v) is 15.4. The van der Waals surface area contributed by atoms with Crippen LogP contribution in [0.25, 0.3) is 11.3 Å². The summed E-state index contributed by atoms with van der Waals surface area (Å²) in [5.41, 5.74) is 3.24. The maximum atomic E-state index is 6.09. The monoisotopic (exact) mass is 359 g/mol. The van der Waals surface area contributed by atoms with Crippen molar-refractivity contribution in [3.8, 4) is 11.3 Å². The van der Waals surface area contributed by atoms with E-state index < -0.39 is 0 Å². The molecule has 1 aromatic heterocycles. The lowest BCUT2D eigenvalue weighted by Gasteiger charge is -2.26. The molecule has 0 amide bonds. The van der Waals surface area contributed by atoms with Gasteiger partial charge in [0.25, 0.3) is 0 Å². The Labute approximate surface area is 154 Å². The van der Waals surface area contributed by atoms with Crippen LogP contribution in [0.2, 0.25) is 10.0 Å². The van der Waals surface area contributed by atoms with E-state index >= 15 is 0 Å². The van der Waals surface area contributed by atoms with E-state index in [0.717, 1.165) is 29.5 Å². The van der Waals surface area contributed by atoms with Crippen molar-refractivity contribution in [3.63, 3.8) is 0 Å². The van der Waals surface area contributed by atoms with Crippen molar-refractivity contribution in [2.24, 2.45) is 11.8 Å². The fraction of sp³-hybridized carbons (Fsp3) is 0.381. The molecule has 1 saturated carbocycles. The van der Waals surface area contributed by atoms with Crippen molar-refractivity contribution >= 4 is 23.2 Å². The van der Waals surface area contributed by atoms with Gasteiger partial charge < -0.3 is 0 Å². The van der Waals surface area contributed by atoms with Gasteiger partial charge in [0.1, 0.15) is 0 Å². The summed E-state index contributed by atoms with van der Waals surface area (Å²) in [5, 5.41) is 1.14. The van der Waals surface area contributed by atoms with Crippen LogP contribution in [0.15, 0.2) is 49.2 Å². The number of nitrogens with zero attached hydrogens (tertiary/aromatic N) is 1. The lowest BCUT2D eigenvalue weighted by molar-refractivity contribution is 0.296. The molecule has 3 rings (SSSR count). The number of halogens is 2. The molecule has 3 heteroatoms. The zero-order chi connectivity index (χ0) is 16.9. The molecule has 1 heterocycles. The van der Waals surface area contributed by atoms with E-state index in [1.54, 1.807) is 0 Å². The van der Waals surface area contributed by atoms with E-state index in [0.29, 0.717) is 10.0 Å². The van der Waals surface area contributed by atoms with E-state index in [9.17, 15) is 0 Å². The minimum Gasteiger partial charge on any atom is -0.256 e. The second kappa shape index (κ2) is 8.18. The number of hydrogen-bond donors (Lipinski definition) is 0. The van der Waals surface area contributed by atoms with Crippen LogP contribution in [0.5, 0.6) is 0 Å². The fourth-order valence-electron chi connectivity index (χ4n) is 3.48. The number of hydrogen-bond acceptors (Lipinski definition) is 1. The van der Waals surface area contributed by atoms with E-state index in [1.165, 1.54) is 37.7 Å². The Morgan fingerprint density at radius 3 is 2.46 bits per heavy atom. The summed E-state index contributed by atoms with van der Waals surface area (Å²) in [7, 11) is 0. The maximum absolute atomic E-state index is 6.09. The zero-order valence-electron chi connectivity index (χ0n) is 13.8. The first-order chi connectivity index (χ1) is 11.7. The highest BCUT2D eigenvalue weighted by atomic mass is 35.5. The summed E-state index contributed by atoms with van der Waals surface area (Å²) >= 11 is 12.1. The van der Waals surface area contributed by atoms with Gasteiger partial charge in [0.2, 0.25) is 0 Å². The first-order valence-electron chi connectivity index (χ1n) is 8.68. The molecule has 0 N–H and O–H groups in total. The lowest BCUT2D eigenvalue weighted by atomic mass is 9.80.